The monoisotopic (exact) mass is 425 g/mol. The summed E-state index contributed by atoms with van der Waals surface area (Å²) < 4.78 is 39.7. The van der Waals surface area contributed by atoms with Crippen LogP contribution in [0.25, 0.3) is 0 Å². The van der Waals surface area contributed by atoms with Crippen LogP contribution >= 0.6 is 0 Å². The van der Waals surface area contributed by atoms with Crippen LogP contribution in [0, 0.1) is 17.6 Å². The van der Waals surface area contributed by atoms with E-state index in [1.165, 1.54) is 6.07 Å². The van der Waals surface area contributed by atoms with Gasteiger partial charge in [-0.25, -0.2) is 8.78 Å². The van der Waals surface area contributed by atoms with Gasteiger partial charge in [0.25, 0.3) is 0 Å². The Morgan fingerprint density at radius 1 is 1.17 bits per heavy atom. The van der Waals surface area contributed by atoms with Gasteiger partial charge in [-0.3, -0.25) is 9.80 Å². The molecule has 1 aromatic rings. The van der Waals surface area contributed by atoms with Crippen LogP contribution in [0.3, 0.4) is 0 Å². The van der Waals surface area contributed by atoms with Crippen LogP contribution in [0.4, 0.5) is 8.78 Å². The minimum atomic E-state index is -1.19. The average molecular weight is 425 g/mol. The largest absolute Gasteiger partial charge is 0.387 e. The fourth-order valence-electron chi connectivity index (χ4n) is 5.68. The van der Waals surface area contributed by atoms with Crippen LogP contribution in [-0.4, -0.2) is 83.6 Å². The molecule has 0 saturated carbocycles. The maximum atomic E-state index is 13.9. The standard InChI is InChI=1S/C21H29F2N3O4/c1-10-12-3-5-26(20(12)25(2)9-24-10)21-17(28)16(27)19(30-21)18-13-8-15(23)14(22)7-11(13)4-6-29-18/h7-8,10,12,16-21,24,27-28H,3-6,9H2,1-2H3/t10?,12?,16-,17+,18+,19-,20?,21+/m0/s1. The summed E-state index contributed by atoms with van der Waals surface area (Å²) in [6.07, 6.45) is -3.11. The second-order valence-corrected chi connectivity index (χ2v) is 8.99. The molecule has 3 fully saturated rings. The minimum absolute atomic E-state index is 0.0953. The summed E-state index contributed by atoms with van der Waals surface area (Å²) >= 11 is 0. The second kappa shape index (κ2) is 7.74. The fraction of sp³-hybridized carbons (Fsp3) is 0.714. The molecule has 0 radical (unpaired) electrons. The molecule has 0 aliphatic carbocycles. The summed E-state index contributed by atoms with van der Waals surface area (Å²) in [7, 11) is 2.03. The lowest BCUT2D eigenvalue weighted by atomic mass is 9.91. The highest BCUT2D eigenvalue weighted by Crippen LogP contribution is 2.42. The lowest BCUT2D eigenvalue weighted by Crippen LogP contribution is -2.61. The number of benzene rings is 1. The molecule has 4 aliphatic rings. The number of ether oxygens (including phenoxy) is 2. The van der Waals surface area contributed by atoms with Gasteiger partial charge in [0, 0.05) is 25.2 Å². The third-order valence-electron chi connectivity index (χ3n) is 7.26. The van der Waals surface area contributed by atoms with Gasteiger partial charge < -0.3 is 25.0 Å². The van der Waals surface area contributed by atoms with E-state index >= 15 is 0 Å². The van der Waals surface area contributed by atoms with Gasteiger partial charge in [-0.2, -0.15) is 0 Å². The molecule has 7 nitrogen and oxygen atoms in total. The Hall–Kier alpha value is -1.20. The number of halogens is 2. The topological polar surface area (TPSA) is 77.4 Å². The van der Waals surface area contributed by atoms with Gasteiger partial charge in [0.1, 0.15) is 30.6 Å². The number of rotatable bonds is 2. The molecule has 9 heteroatoms. The van der Waals surface area contributed by atoms with Crippen molar-refractivity contribution in [3.8, 4) is 0 Å². The number of hydrogen-bond donors (Lipinski definition) is 3. The van der Waals surface area contributed by atoms with Crippen molar-refractivity contribution in [2.24, 2.45) is 5.92 Å². The Bertz CT molecular complexity index is 815. The Labute approximate surface area is 174 Å². The molecule has 8 atom stereocenters. The number of hydrogen-bond acceptors (Lipinski definition) is 7. The van der Waals surface area contributed by atoms with E-state index in [1.807, 2.05) is 7.05 Å². The minimum Gasteiger partial charge on any atom is -0.387 e. The summed E-state index contributed by atoms with van der Waals surface area (Å²) in [6.45, 7) is 3.96. The van der Waals surface area contributed by atoms with Crippen LogP contribution in [-0.2, 0) is 15.9 Å². The van der Waals surface area contributed by atoms with Gasteiger partial charge in [-0.05, 0) is 50.1 Å². The van der Waals surface area contributed by atoms with Crippen LogP contribution in [0.15, 0.2) is 12.1 Å². The van der Waals surface area contributed by atoms with E-state index in [0.717, 1.165) is 25.7 Å². The molecule has 1 aromatic carbocycles. The summed E-state index contributed by atoms with van der Waals surface area (Å²) in [6, 6.07) is 2.66. The molecule has 4 aliphatic heterocycles. The lowest BCUT2D eigenvalue weighted by Gasteiger charge is -2.45. The zero-order valence-corrected chi connectivity index (χ0v) is 17.2. The summed E-state index contributed by atoms with van der Waals surface area (Å²) in [5.74, 6) is -1.47. The van der Waals surface area contributed by atoms with Gasteiger partial charge in [-0.1, -0.05) is 0 Å². The molecule has 30 heavy (non-hydrogen) atoms. The smallest absolute Gasteiger partial charge is 0.159 e. The Morgan fingerprint density at radius 2 is 1.93 bits per heavy atom. The first-order valence-corrected chi connectivity index (χ1v) is 10.7. The number of nitrogens with one attached hydrogen (secondary N) is 1. The first-order chi connectivity index (χ1) is 14.4. The Balaban J connectivity index is 1.41. The van der Waals surface area contributed by atoms with E-state index < -0.39 is 42.3 Å². The third-order valence-corrected chi connectivity index (χ3v) is 7.26. The first-order valence-electron chi connectivity index (χ1n) is 10.7. The molecule has 166 valence electrons. The number of fused-ring (bicyclic) bond motifs is 2. The predicted octanol–water partition coefficient (Wildman–Crippen LogP) is 0.554. The molecule has 0 amide bonds. The van der Waals surface area contributed by atoms with E-state index in [1.54, 1.807) is 0 Å². The quantitative estimate of drug-likeness (QED) is 0.639. The molecule has 3 unspecified atom stereocenters. The van der Waals surface area contributed by atoms with Crippen molar-refractivity contribution in [2.45, 2.75) is 62.6 Å². The molecule has 0 aromatic heterocycles. The van der Waals surface area contributed by atoms with E-state index in [2.05, 4.69) is 22.0 Å². The van der Waals surface area contributed by atoms with Crippen molar-refractivity contribution < 1.29 is 28.5 Å². The van der Waals surface area contributed by atoms with Gasteiger partial charge >= 0.3 is 0 Å². The van der Waals surface area contributed by atoms with Crippen molar-refractivity contribution in [1.82, 2.24) is 15.1 Å². The van der Waals surface area contributed by atoms with Crippen molar-refractivity contribution in [2.75, 3.05) is 26.9 Å². The highest BCUT2D eigenvalue weighted by Gasteiger charge is 2.54. The lowest BCUT2D eigenvalue weighted by molar-refractivity contribution is -0.155. The summed E-state index contributed by atoms with van der Waals surface area (Å²) in [5, 5.41) is 25.2. The van der Waals surface area contributed by atoms with Gasteiger partial charge in [0.15, 0.2) is 11.6 Å². The van der Waals surface area contributed by atoms with E-state index in [0.29, 0.717) is 36.1 Å². The fourth-order valence-corrected chi connectivity index (χ4v) is 5.68. The molecule has 4 heterocycles. The van der Waals surface area contributed by atoms with Crippen molar-refractivity contribution in [3.63, 3.8) is 0 Å². The average Bonchev–Trinajstić information content (AvgIpc) is 3.29. The second-order valence-electron chi connectivity index (χ2n) is 8.99. The van der Waals surface area contributed by atoms with Crippen LogP contribution < -0.4 is 5.32 Å². The zero-order chi connectivity index (χ0) is 21.2. The molecular weight excluding hydrogens is 396 g/mol. The predicted molar refractivity (Wildman–Crippen MR) is 103 cm³/mol. The van der Waals surface area contributed by atoms with Crippen LogP contribution in [0.2, 0.25) is 0 Å². The maximum absolute atomic E-state index is 13.9. The summed E-state index contributed by atoms with van der Waals surface area (Å²) in [4.78, 5) is 4.31. The van der Waals surface area contributed by atoms with Crippen molar-refractivity contribution >= 4 is 0 Å². The molecule has 3 saturated heterocycles. The SMILES string of the molecule is CC1NCN(C)C2C1CCN2[C@@H]1O[C@H]([C@@H]2OCCc3cc(F)c(F)cc32)[C@@H](O)[C@H]1O. The molecule has 0 bridgehead atoms. The highest BCUT2D eigenvalue weighted by atomic mass is 19.2. The Morgan fingerprint density at radius 3 is 2.73 bits per heavy atom. The Kier molecular flexibility index (Phi) is 5.34. The first kappa shape index (κ1) is 20.7. The van der Waals surface area contributed by atoms with Crippen molar-refractivity contribution in [3.05, 3.63) is 34.9 Å². The normalized spacial score (nSPS) is 42.3. The number of aliphatic hydroxyl groups excluding tert-OH is 2. The number of nitrogens with zero attached hydrogens (tertiary/aromatic N) is 2. The van der Waals surface area contributed by atoms with E-state index in [4.69, 9.17) is 9.47 Å². The van der Waals surface area contributed by atoms with Gasteiger partial charge in [-0.15, -0.1) is 0 Å². The van der Waals surface area contributed by atoms with Crippen LogP contribution in [0.1, 0.15) is 30.6 Å². The molecule has 5 rings (SSSR count). The van der Waals surface area contributed by atoms with Gasteiger partial charge in [0.05, 0.1) is 12.8 Å². The molecule has 0 spiro atoms. The third kappa shape index (κ3) is 3.19. The summed E-state index contributed by atoms with van der Waals surface area (Å²) in [5.41, 5.74) is 1.12. The zero-order valence-electron chi connectivity index (χ0n) is 17.2. The van der Waals surface area contributed by atoms with Crippen LogP contribution in [0.5, 0.6) is 0 Å². The van der Waals surface area contributed by atoms with E-state index in [-0.39, 0.29) is 6.17 Å². The maximum Gasteiger partial charge on any atom is 0.159 e. The number of aliphatic hydroxyl groups is 2. The molecule has 3 N–H and O–H groups in total. The van der Waals surface area contributed by atoms with Gasteiger partial charge in [0.2, 0.25) is 0 Å². The van der Waals surface area contributed by atoms with E-state index in [9.17, 15) is 19.0 Å². The highest BCUT2D eigenvalue weighted by molar-refractivity contribution is 5.34. The molecular formula is C21H29F2N3O4. The number of likely N-dealkylation sites (tertiary alicyclic amines) is 1. The van der Waals surface area contributed by atoms with Crippen molar-refractivity contribution in [1.29, 1.82) is 0 Å².